The molecule has 0 heterocycles. The van der Waals surface area contributed by atoms with E-state index in [1.165, 1.54) is 0 Å². The third-order valence-corrected chi connectivity index (χ3v) is 6.78. The van der Waals surface area contributed by atoms with Crippen LogP contribution in [-0.2, 0) is 17.8 Å². The minimum Gasteiger partial charge on any atom is -0.489 e. The van der Waals surface area contributed by atoms with Crippen LogP contribution in [0.3, 0.4) is 0 Å². The van der Waals surface area contributed by atoms with Crippen LogP contribution in [0.4, 0.5) is 5.69 Å². The molecule has 0 aliphatic rings. The van der Waals surface area contributed by atoms with Gasteiger partial charge in [0, 0.05) is 10.7 Å². The Morgan fingerprint density at radius 2 is 1.54 bits per heavy atom. The SMILES string of the molecule is N#C/C(=C\c1c(Cc2ccccc2Cl)ccc2ccccc12)C(=O)Nc1ccc(OCc2ccccc2)cc1. The number of fused-ring (bicyclic) bond motifs is 1. The van der Waals surface area contributed by atoms with E-state index in [4.69, 9.17) is 16.3 Å². The van der Waals surface area contributed by atoms with Gasteiger partial charge >= 0.3 is 0 Å². The molecule has 0 saturated carbocycles. The van der Waals surface area contributed by atoms with Crippen LogP contribution in [0.15, 0.2) is 121 Å². The van der Waals surface area contributed by atoms with Crippen molar-refractivity contribution < 1.29 is 9.53 Å². The van der Waals surface area contributed by atoms with Crippen LogP contribution in [0.2, 0.25) is 5.02 Å². The Hall–Kier alpha value is -4.85. The molecule has 4 nitrogen and oxygen atoms in total. The molecule has 0 unspecified atom stereocenters. The van der Waals surface area contributed by atoms with Gasteiger partial charge in [-0.1, -0.05) is 96.5 Å². The zero-order valence-electron chi connectivity index (χ0n) is 21.1. The maximum atomic E-state index is 13.1. The number of amides is 1. The van der Waals surface area contributed by atoms with Crippen molar-refractivity contribution in [3.63, 3.8) is 0 Å². The summed E-state index contributed by atoms with van der Waals surface area (Å²) in [5.74, 6) is 0.208. The summed E-state index contributed by atoms with van der Waals surface area (Å²) in [5.41, 5.74) is 4.42. The first kappa shape index (κ1) is 25.8. The minimum atomic E-state index is -0.480. The van der Waals surface area contributed by atoms with Gasteiger partial charge in [0.15, 0.2) is 0 Å². The molecule has 0 atom stereocenters. The fourth-order valence-corrected chi connectivity index (χ4v) is 4.58. The zero-order chi connectivity index (χ0) is 27.0. The highest BCUT2D eigenvalue weighted by Gasteiger charge is 2.14. The van der Waals surface area contributed by atoms with Crippen LogP contribution in [-0.4, -0.2) is 5.91 Å². The van der Waals surface area contributed by atoms with Gasteiger partial charge in [-0.15, -0.1) is 0 Å². The first-order valence-electron chi connectivity index (χ1n) is 12.5. The lowest BCUT2D eigenvalue weighted by molar-refractivity contribution is -0.112. The maximum absolute atomic E-state index is 13.1. The lowest BCUT2D eigenvalue weighted by Gasteiger charge is -2.12. The number of carbonyl (C=O) groups excluding carboxylic acids is 1. The van der Waals surface area contributed by atoms with Crippen molar-refractivity contribution in [2.24, 2.45) is 0 Å². The van der Waals surface area contributed by atoms with E-state index >= 15 is 0 Å². The summed E-state index contributed by atoms with van der Waals surface area (Å²) >= 11 is 6.44. The molecule has 5 rings (SSSR count). The Balaban J connectivity index is 1.38. The lowest BCUT2D eigenvalue weighted by atomic mass is 9.93. The second-order valence-electron chi connectivity index (χ2n) is 9.05. The minimum absolute atomic E-state index is 0.0103. The molecule has 0 fully saturated rings. The van der Waals surface area contributed by atoms with Gasteiger partial charge < -0.3 is 10.1 Å². The molecular formula is C34H25ClN2O2. The molecule has 5 aromatic carbocycles. The molecular weight excluding hydrogens is 504 g/mol. The third kappa shape index (κ3) is 6.35. The van der Waals surface area contributed by atoms with Gasteiger partial charge in [0.1, 0.15) is 24.0 Å². The molecule has 0 spiro atoms. The standard InChI is InChI=1S/C34H25ClN2O2/c35-33-13-7-5-11-27(33)20-26-15-14-25-10-4-6-12-31(25)32(26)21-28(22-36)34(38)37-29-16-18-30(19-17-29)39-23-24-8-2-1-3-9-24/h1-19,21H,20,23H2,(H,37,38)/b28-21+. The highest BCUT2D eigenvalue weighted by Crippen LogP contribution is 2.29. The van der Waals surface area contributed by atoms with Crippen molar-refractivity contribution in [3.8, 4) is 11.8 Å². The van der Waals surface area contributed by atoms with E-state index in [-0.39, 0.29) is 5.57 Å². The Morgan fingerprint density at radius 3 is 2.31 bits per heavy atom. The third-order valence-electron chi connectivity index (χ3n) is 6.41. The molecule has 190 valence electrons. The zero-order valence-corrected chi connectivity index (χ0v) is 21.9. The van der Waals surface area contributed by atoms with Crippen molar-refractivity contribution in [1.82, 2.24) is 0 Å². The molecule has 39 heavy (non-hydrogen) atoms. The molecule has 1 N–H and O–H groups in total. The summed E-state index contributed by atoms with van der Waals surface area (Å²) in [6.07, 6.45) is 2.24. The monoisotopic (exact) mass is 528 g/mol. The number of anilines is 1. The Labute approximate surface area is 232 Å². The summed E-state index contributed by atoms with van der Waals surface area (Å²) in [6, 6.07) is 38.8. The highest BCUT2D eigenvalue weighted by atomic mass is 35.5. The van der Waals surface area contributed by atoms with Gasteiger partial charge in [-0.3, -0.25) is 4.79 Å². The molecule has 1 amide bonds. The quantitative estimate of drug-likeness (QED) is 0.163. The summed E-state index contributed by atoms with van der Waals surface area (Å²) in [5, 5.41) is 15.4. The Morgan fingerprint density at radius 1 is 0.821 bits per heavy atom. The lowest BCUT2D eigenvalue weighted by Crippen LogP contribution is -2.13. The molecule has 0 aromatic heterocycles. The number of carbonyl (C=O) groups is 1. The molecule has 5 heteroatoms. The average Bonchev–Trinajstić information content (AvgIpc) is 2.98. The number of benzene rings is 5. The van der Waals surface area contributed by atoms with Crippen LogP contribution >= 0.6 is 11.6 Å². The highest BCUT2D eigenvalue weighted by molar-refractivity contribution is 6.31. The number of nitrogens with one attached hydrogen (secondary N) is 1. The number of halogens is 1. The van der Waals surface area contributed by atoms with Gasteiger partial charge in [-0.2, -0.15) is 5.26 Å². The van der Waals surface area contributed by atoms with Crippen LogP contribution < -0.4 is 10.1 Å². The topological polar surface area (TPSA) is 62.1 Å². The summed E-state index contributed by atoms with van der Waals surface area (Å²) in [7, 11) is 0. The van der Waals surface area contributed by atoms with Gasteiger partial charge in [0.2, 0.25) is 0 Å². The van der Waals surface area contributed by atoms with Gasteiger partial charge in [-0.25, -0.2) is 0 Å². The van der Waals surface area contributed by atoms with Crippen molar-refractivity contribution in [3.05, 3.63) is 148 Å². The number of hydrogen-bond donors (Lipinski definition) is 1. The van der Waals surface area contributed by atoms with Crippen molar-refractivity contribution in [2.75, 3.05) is 5.32 Å². The number of rotatable bonds is 8. The van der Waals surface area contributed by atoms with Gasteiger partial charge in [0.25, 0.3) is 5.91 Å². The van der Waals surface area contributed by atoms with Crippen LogP contribution in [0.5, 0.6) is 5.75 Å². The van der Waals surface area contributed by atoms with E-state index in [0.717, 1.165) is 33.0 Å². The smallest absolute Gasteiger partial charge is 0.266 e. The maximum Gasteiger partial charge on any atom is 0.266 e. The predicted molar refractivity (Wildman–Crippen MR) is 158 cm³/mol. The number of nitrogens with zero attached hydrogens (tertiary/aromatic N) is 1. The van der Waals surface area contributed by atoms with E-state index in [1.54, 1.807) is 30.3 Å². The summed E-state index contributed by atoms with van der Waals surface area (Å²) in [4.78, 5) is 13.1. The number of nitriles is 1. The normalized spacial score (nSPS) is 11.1. The molecule has 0 saturated heterocycles. The van der Waals surface area contributed by atoms with E-state index < -0.39 is 5.91 Å². The summed E-state index contributed by atoms with van der Waals surface area (Å²) < 4.78 is 5.83. The van der Waals surface area contributed by atoms with Crippen molar-refractivity contribution >= 4 is 40.0 Å². The van der Waals surface area contributed by atoms with Gasteiger partial charge in [-0.05, 0) is 75.9 Å². The van der Waals surface area contributed by atoms with E-state index in [2.05, 4.69) is 11.4 Å². The molecule has 0 aliphatic heterocycles. The Kier molecular flexibility index (Phi) is 8.02. The van der Waals surface area contributed by atoms with Crippen LogP contribution in [0, 0.1) is 11.3 Å². The van der Waals surface area contributed by atoms with E-state index in [9.17, 15) is 10.1 Å². The second-order valence-corrected chi connectivity index (χ2v) is 9.46. The van der Waals surface area contributed by atoms with E-state index in [0.29, 0.717) is 29.5 Å². The largest absolute Gasteiger partial charge is 0.489 e. The molecule has 5 aromatic rings. The fourth-order valence-electron chi connectivity index (χ4n) is 4.38. The fraction of sp³-hybridized carbons (Fsp3) is 0.0588. The Bertz CT molecular complexity index is 1690. The summed E-state index contributed by atoms with van der Waals surface area (Å²) in [6.45, 7) is 0.454. The van der Waals surface area contributed by atoms with Crippen molar-refractivity contribution in [2.45, 2.75) is 13.0 Å². The second kappa shape index (κ2) is 12.1. The number of hydrogen-bond acceptors (Lipinski definition) is 3. The molecule has 0 bridgehead atoms. The first-order valence-corrected chi connectivity index (χ1v) is 12.9. The van der Waals surface area contributed by atoms with Crippen molar-refractivity contribution in [1.29, 1.82) is 5.26 Å². The predicted octanol–water partition coefficient (Wildman–Crippen LogP) is 8.21. The van der Waals surface area contributed by atoms with Gasteiger partial charge in [0.05, 0.1) is 0 Å². The molecule has 0 aliphatic carbocycles. The molecule has 0 radical (unpaired) electrons. The van der Waals surface area contributed by atoms with Crippen LogP contribution in [0.1, 0.15) is 22.3 Å². The van der Waals surface area contributed by atoms with Crippen LogP contribution in [0.25, 0.3) is 16.8 Å². The first-order chi connectivity index (χ1) is 19.1. The van der Waals surface area contributed by atoms with E-state index in [1.807, 2.05) is 91.0 Å². The number of ether oxygens (including phenoxy) is 1. The average molecular weight is 529 g/mol.